The number of aromatic nitrogens is 4. The Balaban J connectivity index is 1.19. The largest absolute Gasteiger partial charge is 0.297 e. The molecule has 0 aliphatic carbocycles. The fraction of sp³-hybridized carbons (Fsp3) is 0.417. The number of amides is 1. The molecule has 0 saturated carbocycles. The summed E-state index contributed by atoms with van der Waals surface area (Å²) in [6.07, 6.45) is 4.42. The van der Waals surface area contributed by atoms with Crippen molar-refractivity contribution in [2.75, 3.05) is 24.5 Å². The smallest absolute Gasteiger partial charge is 0.228 e. The summed E-state index contributed by atoms with van der Waals surface area (Å²) < 4.78 is 3.02. The fourth-order valence-electron chi connectivity index (χ4n) is 5.38. The highest BCUT2D eigenvalue weighted by atomic mass is 32.1. The van der Waals surface area contributed by atoms with Crippen LogP contribution < -0.4 is 4.90 Å². The molecule has 32 heavy (non-hydrogen) atoms. The number of rotatable bonds is 3. The van der Waals surface area contributed by atoms with E-state index in [2.05, 4.69) is 45.1 Å². The Hall–Kier alpha value is -2.84. The minimum Gasteiger partial charge on any atom is -0.297 e. The number of hydrogen-bond acceptors (Lipinski definition) is 6. The number of hydrogen-bond donors (Lipinski definition) is 0. The van der Waals surface area contributed by atoms with E-state index in [4.69, 9.17) is 0 Å². The Morgan fingerprint density at radius 1 is 1.16 bits per heavy atom. The van der Waals surface area contributed by atoms with Gasteiger partial charge in [0.05, 0.1) is 21.9 Å². The molecule has 3 aromatic heterocycles. The molecular formula is C24H26N6OS. The monoisotopic (exact) mass is 446 g/mol. The SMILES string of the molecule is Cc1cc(N2CC3(CCN(C(C)c4ccc5scnc5c4)CC3)CC2=O)n2nccc2n1. The molecule has 8 heteroatoms. The van der Waals surface area contributed by atoms with Gasteiger partial charge < -0.3 is 0 Å². The first-order valence-electron chi connectivity index (χ1n) is 11.2. The van der Waals surface area contributed by atoms with Crippen molar-refractivity contribution in [2.24, 2.45) is 5.41 Å². The molecule has 6 rings (SSSR count). The number of carbonyl (C=O) groups excluding carboxylic acids is 1. The molecule has 2 aliphatic rings. The van der Waals surface area contributed by atoms with E-state index in [9.17, 15) is 4.79 Å². The molecular weight excluding hydrogens is 420 g/mol. The number of thiazole rings is 1. The van der Waals surface area contributed by atoms with Crippen molar-refractivity contribution in [3.05, 3.63) is 53.3 Å². The fourth-order valence-corrected chi connectivity index (χ4v) is 6.04. The van der Waals surface area contributed by atoms with Crippen LogP contribution in [-0.4, -0.2) is 50.0 Å². The minimum atomic E-state index is 0.0445. The van der Waals surface area contributed by atoms with Gasteiger partial charge in [-0.2, -0.15) is 9.61 Å². The van der Waals surface area contributed by atoms with Crippen molar-refractivity contribution in [3.8, 4) is 0 Å². The quantitative estimate of drug-likeness (QED) is 0.471. The zero-order valence-corrected chi connectivity index (χ0v) is 19.2. The second kappa shape index (κ2) is 7.35. The molecule has 0 N–H and O–H groups in total. The van der Waals surface area contributed by atoms with Crippen LogP contribution >= 0.6 is 11.3 Å². The third-order valence-electron chi connectivity index (χ3n) is 7.31. The number of anilines is 1. The van der Waals surface area contributed by atoms with Gasteiger partial charge >= 0.3 is 0 Å². The van der Waals surface area contributed by atoms with Gasteiger partial charge in [0.1, 0.15) is 5.82 Å². The number of carbonyl (C=O) groups is 1. The Kier molecular flexibility index (Phi) is 4.55. The van der Waals surface area contributed by atoms with Gasteiger partial charge in [0.2, 0.25) is 5.91 Å². The third kappa shape index (κ3) is 3.20. The van der Waals surface area contributed by atoms with E-state index in [-0.39, 0.29) is 11.3 Å². The van der Waals surface area contributed by atoms with Gasteiger partial charge in [-0.3, -0.25) is 14.6 Å². The predicted molar refractivity (Wildman–Crippen MR) is 126 cm³/mol. The number of likely N-dealkylation sites (tertiary alicyclic amines) is 1. The molecule has 7 nitrogen and oxygen atoms in total. The molecule has 1 amide bonds. The van der Waals surface area contributed by atoms with E-state index in [0.717, 1.165) is 55.2 Å². The highest BCUT2D eigenvalue weighted by molar-refractivity contribution is 7.16. The number of fused-ring (bicyclic) bond motifs is 2. The normalized spacial score (nSPS) is 20.1. The molecule has 0 bridgehead atoms. The van der Waals surface area contributed by atoms with Crippen LogP contribution in [0.4, 0.5) is 5.82 Å². The molecule has 1 aromatic carbocycles. The van der Waals surface area contributed by atoms with E-state index in [1.54, 1.807) is 22.0 Å². The highest BCUT2D eigenvalue weighted by Gasteiger charge is 2.46. The number of nitrogens with zero attached hydrogens (tertiary/aromatic N) is 6. The van der Waals surface area contributed by atoms with Crippen LogP contribution in [0.25, 0.3) is 15.9 Å². The maximum absolute atomic E-state index is 13.1. The summed E-state index contributed by atoms with van der Waals surface area (Å²) in [5.41, 5.74) is 6.05. The standard InChI is InChI=1S/C24H26N6OS/c1-16-11-22(30-21(27-16)5-8-26-30)29-14-24(13-23(29)31)6-9-28(10-7-24)17(2)18-3-4-20-19(12-18)25-15-32-20/h3-5,8,11-12,15,17H,6-7,9-10,13-14H2,1-2H3. The van der Waals surface area contributed by atoms with Gasteiger partial charge in [-0.1, -0.05) is 6.07 Å². The number of aryl methyl sites for hydroxylation is 1. The molecule has 0 radical (unpaired) electrons. The average Bonchev–Trinajstić information content (AvgIpc) is 3.51. The molecule has 2 aliphatic heterocycles. The van der Waals surface area contributed by atoms with Crippen molar-refractivity contribution in [1.29, 1.82) is 0 Å². The molecule has 164 valence electrons. The lowest BCUT2D eigenvalue weighted by Gasteiger charge is -2.41. The Morgan fingerprint density at radius 2 is 2.00 bits per heavy atom. The van der Waals surface area contributed by atoms with Gasteiger partial charge in [-0.05, 0) is 62.9 Å². The summed E-state index contributed by atoms with van der Waals surface area (Å²) >= 11 is 1.69. The van der Waals surface area contributed by atoms with Gasteiger partial charge in [0.15, 0.2) is 5.65 Å². The summed E-state index contributed by atoms with van der Waals surface area (Å²) in [4.78, 5) is 26.6. The van der Waals surface area contributed by atoms with Crippen LogP contribution in [0.3, 0.4) is 0 Å². The van der Waals surface area contributed by atoms with E-state index >= 15 is 0 Å². The predicted octanol–water partition coefficient (Wildman–Crippen LogP) is 4.23. The number of piperidine rings is 1. The van der Waals surface area contributed by atoms with Crippen molar-refractivity contribution < 1.29 is 4.79 Å². The first-order chi connectivity index (χ1) is 15.5. The Labute approximate surface area is 190 Å². The van der Waals surface area contributed by atoms with E-state index < -0.39 is 0 Å². The lowest BCUT2D eigenvalue weighted by atomic mass is 9.77. The molecule has 5 heterocycles. The van der Waals surface area contributed by atoms with Crippen molar-refractivity contribution in [2.45, 2.75) is 39.2 Å². The third-order valence-corrected chi connectivity index (χ3v) is 8.12. The van der Waals surface area contributed by atoms with Crippen LogP contribution in [0.5, 0.6) is 0 Å². The first kappa shape index (κ1) is 19.8. The average molecular weight is 447 g/mol. The Bertz CT molecular complexity index is 1320. The van der Waals surface area contributed by atoms with Gasteiger partial charge in [0, 0.05) is 36.8 Å². The summed E-state index contributed by atoms with van der Waals surface area (Å²) in [6.45, 7) is 7.02. The topological polar surface area (TPSA) is 66.6 Å². The molecule has 4 aromatic rings. The lowest BCUT2D eigenvalue weighted by molar-refractivity contribution is -0.118. The van der Waals surface area contributed by atoms with E-state index in [0.29, 0.717) is 12.5 Å². The van der Waals surface area contributed by atoms with Crippen LogP contribution in [-0.2, 0) is 4.79 Å². The van der Waals surface area contributed by atoms with Crippen molar-refractivity contribution in [3.63, 3.8) is 0 Å². The summed E-state index contributed by atoms with van der Waals surface area (Å²) in [7, 11) is 0. The van der Waals surface area contributed by atoms with Gasteiger partial charge in [-0.15, -0.1) is 11.3 Å². The highest BCUT2D eigenvalue weighted by Crippen LogP contribution is 2.44. The molecule has 2 fully saturated rings. The maximum atomic E-state index is 13.1. The summed E-state index contributed by atoms with van der Waals surface area (Å²) in [6, 6.07) is 10.8. The molecule has 1 spiro atoms. The Morgan fingerprint density at radius 3 is 2.84 bits per heavy atom. The van der Waals surface area contributed by atoms with Crippen LogP contribution in [0.1, 0.15) is 43.5 Å². The summed E-state index contributed by atoms with van der Waals surface area (Å²) in [5, 5.41) is 4.41. The van der Waals surface area contributed by atoms with Crippen LogP contribution in [0.2, 0.25) is 0 Å². The van der Waals surface area contributed by atoms with Gasteiger partial charge in [-0.25, -0.2) is 9.97 Å². The second-order valence-corrected chi connectivity index (χ2v) is 10.2. The molecule has 2 saturated heterocycles. The zero-order valence-electron chi connectivity index (χ0n) is 18.4. The van der Waals surface area contributed by atoms with Gasteiger partial charge in [0.25, 0.3) is 0 Å². The maximum Gasteiger partial charge on any atom is 0.228 e. The van der Waals surface area contributed by atoms with Crippen molar-refractivity contribution >= 4 is 38.9 Å². The first-order valence-corrected chi connectivity index (χ1v) is 12.1. The van der Waals surface area contributed by atoms with E-state index in [1.807, 2.05) is 29.5 Å². The lowest BCUT2D eigenvalue weighted by Crippen LogP contribution is -2.42. The molecule has 1 unspecified atom stereocenters. The molecule has 1 atom stereocenters. The minimum absolute atomic E-state index is 0.0445. The summed E-state index contributed by atoms with van der Waals surface area (Å²) in [5.74, 6) is 1.04. The van der Waals surface area contributed by atoms with E-state index in [1.165, 1.54) is 10.3 Å². The zero-order chi connectivity index (χ0) is 21.9. The van der Waals surface area contributed by atoms with Crippen molar-refractivity contribution in [1.82, 2.24) is 24.5 Å². The second-order valence-electron chi connectivity index (χ2n) is 9.31. The van der Waals surface area contributed by atoms with Crippen LogP contribution in [0, 0.1) is 12.3 Å². The van der Waals surface area contributed by atoms with Crippen LogP contribution in [0.15, 0.2) is 42.0 Å². The number of benzene rings is 1.